The van der Waals surface area contributed by atoms with E-state index in [1.54, 1.807) is 0 Å². The Labute approximate surface area is 145 Å². The lowest BCUT2D eigenvalue weighted by Crippen LogP contribution is -2.46. The number of oxazole rings is 1. The first-order valence-corrected chi connectivity index (χ1v) is 8.33. The number of carbonyl (C=O) groups excluding carboxylic acids is 1. The molecule has 0 spiro atoms. The molecule has 25 heavy (non-hydrogen) atoms. The number of rotatable bonds is 4. The molecule has 4 rings (SSSR count). The van der Waals surface area contributed by atoms with Gasteiger partial charge in [-0.2, -0.15) is 0 Å². The van der Waals surface area contributed by atoms with Gasteiger partial charge in [0, 0.05) is 26.2 Å². The first kappa shape index (κ1) is 15.7. The highest BCUT2D eigenvalue weighted by Gasteiger charge is 2.22. The summed E-state index contributed by atoms with van der Waals surface area (Å²) < 4.78 is 5.80. The maximum atomic E-state index is 11.3. The van der Waals surface area contributed by atoms with Gasteiger partial charge in [0.1, 0.15) is 17.7 Å². The zero-order valence-corrected chi connectivity index (χ0v) is 14.1. The third-order valence-electron chi connectivity index (χ3n) is 4.55. The summed E-state index contributed by atoms with van der Waals surface area (Å²) in [5, 5.41) is 0. The van der Waals surface area contributed by atoms with Crippen LogP contribution in [0.3, 0.4) is 0 Å². The Bertz CT molecular complexity index is 866. The first-order chi connectivity index (χ1) is 12.2. The molecule has 1 saturated heterocycles. The molecule has 1 aliphatic heterocycles. The fourth-order valence-electron chi connectivity index (χ4n) is 3.16. The van der Waals surface area contributed by atoms with E-state index >= 15 is 0 Å². The lowest BCUT2D eigenvalue weighted by atomic mass is 10.2. The molecular formula is C18H19N5O2. The van der Waals surface area contributed by atoms with Crippen molar-refractivity contribution in [1.29, 1.82) is 0 Å². The van der Waals surface area contributed by atoms with E-state index in [-0.39, 0.29) is 0 Å². The molecule has 0 unspecified atom stereocenters. The quantitative estimate of drug-likeness (QED) is 0.675. The summed E-state index contributed by atoms with van der Waals surface area (Å²) in [5.41, 5.74) is 3.01. The monoisotopic (exact) mass is 337 g/mol. The minimum atomic E-state index is 0.579. The molecule has 7 nitrogen and oxygen atoms in total. The first-order valence-electron chi connectivity index (χ1n) is 8.33. The molecule has 0 aliphatic carbocycles. The van der Waals surface area contributed by atoms with Crippen molar-refractivity contribution in [2.45, 2.75) is 13.5 Å². The molecule has 3 heterocycles. The van der Waals surface area contributed by atoms with Crippen LogP contribution in [0, 0.1) is 6.92 Å². The predicted octanol–water partition coefficient (Wildman–Crippen LogP) is 2.06. The highest BCUT2D eigenvalue weighted by Crippen LogP contribution is 2.21. The van der Waals surface area contributed by atoms with Gasteiger partial charge in [0.05, 0.1) is 17.8 Å². The van der Waals surface area contributed by atoms with Gasteiger partial charge in [0.15, 0.2) is 11.9 Å². The van der Waals surface area contributed by atoms with E-state index in [1.807, 2.05) is 31.2 Å². The number of benzene rings is 1. The number of anilines is 1. The third-order valence-corrected chi connectivity index (χ3v) is 4.55. The third kappa shape index (κ3) is 3.10. The van der Waals surface area contributed by atoms with Gasteiger partial charge in [0.2, 0.25) is 5.89 Å². The van der Waals surface area contributed by atoms with Gasteiger partial charge in [-0.3, -0.25) is 9.69 Å². The van der Waals surface area contributed by atoms with Crippen LogP contribution in [0.2, 0.25) is 0 Å². The second kappa shape index (κ2) is 6.60. The standard InChI is InChI=1S/C18H19N5O2/c1-13-14(11-24)18(20-12-19-13)23-8-6-22(7-9-23)10-17-21-15-4-2-3-5-16(15)25-17/h2-5,11-12H,6-10H2,1H3. The maximum Gasteiger partial charge on any atom is 0.209 e. The predicted molar refractivity (Wildman–Crippen MR) is 93.7 cm³/mol. The van der Waals surface area contributed by atoms with E-state index in [9.17, 15) is 4.79 Å². The van der Waals surface area contributed by atoms with E-state index in [0.29, 0.717) is 17.8 Å². The normalized spacial score (nSPS) is 15.6. The number of fused-ring (bicyclic) bond motifs is 1. The van der Waals surface area contributed by atoms with Gasteiger partial charge in [-0.1, -0.05) is 12.1 Å². The highest BCUT2D eigenvalue weighted by atomic mass is 16.3. The Hall–Kier alpha value is -2.80. The van der Waals surface area contributed by atoms with Crippen LogP contribution in [0.5, 0.6) is 0 Å². The molecule has 0 radical (unpaired) electrons. The summed E-state index contributed by atoms with van der Waals surface area (Å²) in [4.78, 5) is 28.7. The highest BCUT2D eigenvalue weighted by molar-refractivity contribution is 5.84. The molecule has 0 atom stereocenters. The van der Waals surface area contributed by atoms with Crippen molar-refractivity contribution in [3.05, 3.63) is 47.7 Å². The molecule has 7 heteroatoms. The van der Waals surface area contributed by atoms with Crippen molar-refractivity contribution in [3.63, 3.8) is 0 Å². The molecular weight excluding hydrogens is 318 g/mol. The van der Waals surface area contributed by atoms with Crippen molar-refractivity contribution in [1.82, 2.24) is 19.9 Å². The van der Waals surface area contributed by atoms with Gasteiger partial charge in [0.25, 0.3) is 0 Å². The second-order valence-electron chi connectivity index (χ2n) is 6.15. The minimum Gasteiger partial charge on any atom is -0.439 e. The zero-order valence-electron chi connectivity index (χ0n) is 14.1. The van der Waals surface area contributed by atoms with E-state index in [1.165, 1.54) is 6.33 Å². The van der Waals surface area contributed by atoms with Crippen LogP contribution in [-0.2, 0) is 6.54 Å². The summed E-state index contributed by atoms with van der Waals surface area (Å²) in [5.74, 6) is 1.46. The molecule has 0 N–H and O–H groups in total. The Morgan fingerprint density at radius 1 is 1.16 bits per heavy atom. The van der Waals surface area contributed by atoms with Crippen molar-refractivity contribution >= 4 is 23.2 Å². The molecule has 2 aromatic heterocycles. The molecule has 1 fully saturated rings. The molecule has 0 bridgehead atoms. The van der Waals surface area contributed by atoms with Gasteiger partial charge in [-0.05, 0) is 19.1 Å². The van der Waals surface area contributed by atoms with E-state index in [2.05, 4.69) is 24.8 Å². The number of para-hydroxylation sites is 2. The fraction of sp³-hybridized carbons (Fsp3) is 0.333. The van der Waals surface area contributed by atoms with Crippen LogP contribution >= 0.6 is 0 Å². The number of aryl methyl sites for hydroxylation is 1. The van der Waals surface area contributed by atoms with Crippen LogP contribution in [0.25, 0.3) is 11.1 Å². The summed E-state index contributed by atoms with van der Waals surface area (Å²) in [7, 11) is 0. The number of hydrogen-bond donors (Lipinski definition) is 0. The van der Waals surface area contributed by atoms with Crippen molar-refractivity contribution in [2.24, 2.45) is 0 Å². The molecule has 3 aromatic rings. The Balaban J connectivity index is 1.43. The van der Waals surface area contributed by atoms with Crippen LogP contribution in [0.1, 0.15) is 21.9 Å². The van der Waals surface area contributed by atoms with Crippen LogP contribution in [-0.4, -0.2) is 52.3 Å². The van der Waals surface area contributed by atoms with Crippen LogP contribution < -0.4 is 4.90 Å². The summed E-state index contributed by atoms with van der Waals surface area (Å²) >= 11 is 0. The number of aldehydes is 1. The SMILES string of the molecule is Cc1ncnc(N2CCN(Cc3nc4ccccc4o3)CC2)c1C=O. The summed E-state index contributed by atoms with van der Waals surface area (Å²) in [6, 6.07) is 7.80. The van der Waals surface area contributed by atoms with E-state index in [0.717, 1.165) is 55.3 Å². The lowest BCUT2D eigenvalue weighted by Gasteiger charge is -2.35. The maximum absolute atomic E-state index is 11.3. The second-order valence-corrected chi connectivity index (χ2v) is 6.15. The Kier molecular flexibility index (Phi) is 4.15. The number of carbonyl (C=O) groups is 1. The number of piperazine rings is 1. The Morgan fingerprint density at radius 2 is 1.96 bits per heavy atom. The fourth-order valence-corrected chi connectivity index (χ4v) is 3.16. The van der Waals surface area contributed by atoms with Crippen molar-refractivity contribution < 1.29 is 9.21 Å². The molecule has 128 valence electrons. The summed E-state index contributed by atoms with van der Waals surface area (Å²) in [6.07, 6.45) is 2.36. The largest absolute Gasteiger partial charge is 0.439 e. The zero-order chi connectivity index (χ0) is 17.2. The molecule has 1 aliphatic rings. The van der Waals surface area contributed by atoms with Crippen LogP contribution in [0.15, 0.2) is 35.0 Å². The molecule has 0 saturated carbocycles. The van der Waals surface area contributed by atoms with Crippen molar-refractivity contribution in [2.75, 3.05) is 31.1 Å². The average Bonchev–Trinajstić information content (AvgIpc) is 3.04. The van der Waals surface area contributed by atoms with Gasteiger partial charge in [-0.15, -0.1) is 0 Å². The molecule has 0 amide bonds. The topological polar surface area (TPSA) is 75.4 Å². The van der Waals surface area contributed by atoms with Gasteiger partial charge >= 0.3 is 0 Å². The number of hydrogen-bond acceptors (Lipinski definition) is 7. The van der Waals surface area contributed by atoms with Crippen molar-refractivity contribution in [3.8, 4) is 0 Å². The molecule has 1 aromatic carbocycles. The van der Waals surface area contributed by atoms with Gasteiger partial charge in [-0.25, -0.2) is 15.0 Å². The Morgan fingerprint density at radius 3 is 2.72 bits per heavy atom. The lowest BCUT2D eigenvalue weighted by molar-refractivity contribution is 0.112. The summed E-state index contributed by atoms with van der Waals surface area (Å²) in [6.45, 7) is 5.85. The number of aromatic nitrogens is 3. The van der Waals surface area contributed by atoms with E-state index in [4.69, 9.17) is 4.42 Å². The average molecular weight is 337 g/mol. The van der Waals surface area contributed by atoms with E-state index < -0.39 is 0 Å². The smallest absolute Gasteiger partial charge is 0.209 e. The minimum absolute atomic E-state index is 0.579. The van der Waals surface area contributed by atoms with Crippen LogP contribution in [0.4, 0.5) is 5.82 Å². The number of nitrogens with zero attached hydrogens (tertiary/aromatic N) is 5. The van der Waals surface area contributed by atoms with Gasteiger partial charge < -0.3 is 9.32 Å².